The highest BCUT2D eigenvalue weighted by Crippen LogP contribution is 2.34. The Morgan fingerprint density at radius 3 is 3.18 bits per heavy atom. The molecular formula is C8H6ClOS+. The molecule has 2 rings (SSSR count). The molecule has 1 nitrogen and oxygen atoms in total. The van der Waals surface area contributed by atoms with Crippen LogP contribution >= 0.6 is 23.4 Å². The number of allylic oxidation sites excluding steroid dienone is 4. The molecule has 0 N–H and O–H groups in total. The van der Waals surface area contributed by atoms with Crippen LogP contribution < -0.4 is 0 Å². The first-order chi connectivity index (χ1) is 5.38. The van der Waals surface area contributed by atoms with Crippen LogP contribution in [0, 0.1) is 0 Å². The number of hydrogen-bond acceptors (Lipinski definition) is 2. The third-order valence-corrected chi connectivity index (χ3v) is 2.65. The molecule has 0 saturated heterocycles. The van der Waals surface area contributed by atoms with Crippen molar-refractivity contribution in [1.29, 1.82) is 0 Å². The maximum Gasteiger partial charge on any atom is 1.00 e. The van der Waals surface area contributed by atoms with E-state index in [4.69, 9.17) is 16.3 Å². The van der Waals surface area contributed by atoms with Gasteiger partial charge in [0.15, 0.2) is 0 Å². The summed E-state index contributed by atoms with van der Waals surface area (Å²) in [7, 11) is 0. The highest BCUT2D eigenvalue weighted by molar-refractivity contribution is 8.05. The molecule has 0 fully saturated rings. The fourth-order valence-corrected chi connectivity index (χ4v) is 1.88. The fourth-order valence-electron chi connectivity index (χ4n) is 0.905. The van der Waals surface area contributed by atoms with Gasteiger partial charge in [-0.3, -0.25) is 0 Å². The van der Waals surface area contributed by atoms with E-state index in [1.54, 1.807) is 24.3 Å². The number of thioether (sulfide) groups is 1. The lowest BCUT2D eigenvalue weighted by molar-refractivity contribution is 0.395. The Labute approximate surface area is 75.5 Å². The summed E-state index contributed by atoms with van der Waals surface area (Å²) >= 11 is 7.49. The average Bonchev–Trinajstić information content (AvgIpc) is 2.06. The Kier molecular flexibility index (Phi) is 1.80. The lowest BCUT2D eigenvalue weighted by atomic mass is 10.1. The summed E-state index contributed by atoms with van der Waals surface area (Å²) in [5, 5.41) is 4.67. The van der Waals surface area contributed by atoms with E-state index >= 15 is 0 Å². The lowest BCUT2D eigenvalue weighted by Crippen LogP contribution is -1.95. The largest absolute Gasteiger partial charge is 1.00 e. The van der Waals surface area contributed by atoms with Crippen molar-refractivity contribution in [3.63, 3.8) is 0 Å². The lowest BCUT2D eigenvalue weighted by Gasteiger charge is -2.14. The topological polar surface area (TPSA) is 9.23 Å². The molecule has 0 aliphatic carbocycles. The van der Waals surface area contributed by atoms with Gasteiger partial charge in [-0.2, -0.15) is 0 Å². The minimum absolute atomic E-state index is 0. The maximum absolute atomic E-state index is 5.91. The van der Waals surface area contributed by atoms with E-state index in [2.05, 4.69) is 0 Å². The van der Waals surface area contributed by atoms with E-state index in [0.717, 1.165) is 16.2 Å². The van der Waals surface area contributed by atoms with Crippen molar-refractivity contribution in [3.05, 3.63) is 45.6 Å². The first kappa shape index (κ1) is 7.07. The zero-order valence-corrected chi connectivity index (χ0v) is 7.15. The molecule has 0 spiro atoms. The molecule has 0 amide bonds. The third-order valence-electron chi connectivity index (χ3n) is 1.45. The summed E-state index contributed by atoms with van der Waals surface area (Å²) in [4.78, 5) is 0. The number of hydrogen-bond donors (Lipinski definition) is 0. The summed E-state index contributed by atoms with van der Waals surface area (Å²) < 4.78 is 4.99. The van der Waals surface area contributed by atoms with Crippen LogP contribution in [0.1, 0.15) is 1.43 Å². The van der Waals surface area contributed by atoms with E-state index < -0.39 is 0 Å². The van der Waals surface area contributed by atoms with Gasteiger partial charge in [0.05, 0.1) is 17.6 Å². The number of rotatable bonds is 0. The Hall–Kier alpha value is -0.600. The molecule has 11 heavy (non-hydrogen) atoms. The second-order valence-electron chi connectivity index (χ2n) is 2.15. The van der Waals surface area contributed by atoms with E-state index in [9.17, 15) is 0 Å². The predicted octanol–water partition coefficient (Wildman–Crippen LogP) is 3.24. The van der Waals surface area contributed by atoms with Gasteiger partial charge in [0.1, 0.15) is 0 Å². The van der Waals surface area contributed by atoms with Crippen LogP contribution in [0.25, 0.3) is 0 Å². The Balaban J connectivity index is 0.000000720. The van der Waals surface area contributed by atoms with Gasteiger partial charge >= 0.3 is 1.43 Å². The summed E-state index contributed by atoms with van der Waals surface area (Å²) in [5.41, 5.74) is 2.08. The van der Waals surface area contributed by atoms with Crippen molar-refractivity contribution >= 4 is 23.4 Å². The SMILES string of the molecule is ClC1=CSC=C2C=COC=C12.[H+]. The summed E-state index contributed by atoms with van der Waals surface area (Å²) in [6, 6.07) is 0. The Bertz CT molecular complexity index is 304. The van der Waals surface area contributed by atoms with Gasteiger partial charge in [-0.05, 0) is 22.5 Å². The second kappa shape index (κ2) is 2.80. The fraction of sp³-hybridized carbons (Fsp3) is 0. The minimum atomic E-state index is 0. The van der Waals surface area contributed by atoms with E-state index in [1.807, 2.05) is 16.9 Å². The van der Waals surface area contributed by atoms with E-state index in [1.165, 1.54) is 0 Å². The molecule has 0 radical (unpaired) electrons. The van der Waals surface area contributed by atoms with Gasteiger partial charge in [-0.25, -0.2) is 0 Å². The van der Waals surface area contributed by atoms with Gasteiger partial charge in [-0.15, -0.1) is 11.8 Å². The first-order valence-corrected chi connectivity index (χ1v) is 4.44. The van der Waals surface area contributed by atoms with Crippen molar-refractivity contribution in [2.75, 3.05) is 0 Å². The predicted molar refractivity (Wildman–Crippen MR) is 49.0 cm³/mol. The van der Waals surface area contributed by atoms with Gasteiger partial charge in [-0.1, -0.05) is 11.6 Å². The van der Waals surface area contributed by atoms with Crippen molar-refractivity contribution < 1.29 is 6.16 Å². The van der Waals surface area contributed by atoms with Crippen LogP contribution in [0.3, 0.4) is 0 Å². The molecule has 3 heteroatoms. The number of fused-ring (bicyclic) bond motifs is 1. The van der Waals surface area contributed by atoms with E-state index in [0.29, 0.717) is 0 Å². The monoisotopic (exact) mass is 185 g/mol. The van der Waals surface area contributed by atoms with Crippen molar-refractivity contribution in [3.8, 4) is 0 Å². The van der Waals surface area contributed by atoms with E-state index in [-0.39, 0.29) is 1.43 Å². The molecular weight excluding hydrogens is 180 g/mol. The maximum atomic E-state index is 5.91. The smallest absolute Gasteiger partial charge is 0.472 e. The zero-order valence-electron chi connectivity index (χ0n) is 6.58. The normalized spacial score (nSPS) is 21.0. The van der Waals surface area contributed by atoms with Crippen LogP contribution in [0.2, 0.25) is 0 Å². The van der Waals surface area contributed by atoms with Gasteiger partial charge < -0.3 is 4.74 Å². The van der Waals surface area contributed by atoms with Crippen LogP contribution in [0.15, 0.2) is 45.6 Å². The highest BCUT2D eigenvalue weighted by atomic mass is 35.5. The number of halogens is 1. The molecule has 2 heterocycles. The molecule has 0 atom stereocenters. The Morgan fingerprint density at radius 1 is 1.45 bits per heavy atom. The molecule has 0 aromatic rings. The molecule has 0 unspecified atom stereocenters. The van der Waals surface area contributed by atoms with Gasteiger partial charge in [0.25, 0.3) is 0 Å². The third kappa shape index (κ3) is 1.24. The molecule has 0 aromatic carbocycles. The summed E-state index contributed by atoms with van der Waals surface area (Å²) in [5.74, 6) is 0. The molecule has 2 aliphatic heterocycles. The molecule has 0 bridgehead atoms. The van der Waals surface area contributed by atoms with Gasteiger partial charge in [0, 0.05) is 5.57 Å². The molecule has 56 valence electrons. The first-order valence-electron chi connectivity index (χ1n) is 3.12. The minimum Gasteiger partial charge on any atom is -0.472 e. The van der Waals surface area contributed by atoms with Crippen molar-refractivity contribution in [2.24, 2.45) is 0 Å². The molecule has 2 aliphatic rings. The molecule has 0 saturated carbocycles. The van der Waals surface area contributed by atoms with Crippen LogP contribution in [0.5, 0.6) is 0 Å². The quantitative estimate of drug-likeness (QED) is 0.573. The molecule has 0 aromatic heterocycles. The van der Waals surface area contributed by atoms with Crippen LogP contribution in [-0.2, 0) is 4.74 Å². The van der Waals surface area contributed by atoms with Gasteiger partial charge in [0.2, 0.25) is 0 Å². The average molecular weight is 186 g/mol. The van der Waals surface area contributed by atoms with Crippen LogP contribution in [-0.4, -0.2) is 0 Å². The van der Waals surface area contributed by atoms with Crippen molar-refractivity contribution in [1.82, 2.24) is 0 Å². The zero-order chi connectivity index (χ0) is 7.68. The second-order valence-corrected chi connectivity index (χ2v) is 3.30. The number of ether oxygens (including phenoxy) is 1. The van der Waals surface area contributed by atoms with Crippen molar-refractivity contribution in [2.45, 2.75) is 0 Å². The van der Waals surface area contributed by atoms with Crippen LogP contribution in [0.4, 0.5) is 0 Å². The highest BCUT2D eigenvalue weighted by Gasteiger charge is 2.13. The Morgan fingerprint density at radius 2 is 2.36 bits per heavy atom. The summed E-state index contributed by atoms with van der Waals surface area (Å²) in [6.45, 7) is 0. The standard InChI is InChI=1S/C8H5ClOS/c9-8-5-11-4-6-1-2-10-3-7(6)8/h1-5H/p+1. The summed E-state index contributed by atoms with van der Waals surface area (Å²) in [6.07, 6.45) is 5.20.